The highest BCUT2D eigenvalue weighted by atomic mass is 19.1. The molecule has 0 aliphatic heterocycles. The summed E-state index contributed by atoms with van der Waals surface area (Å²) < 4.78 is 26.8. The Labute approximate surface area is 111 Å². The first-order valence-corrected chi connectivity index (χ1v) is 6.19. The number of hydrogen-bond acceptors (Lipinski definition) is 2. The first-order valence-electron chi connectivity index (χ1n) is 6.19. The molecule has 0 spiro atoms. The van der Waals surface area contributed by atoms with Crippen molar-refractivity contribution in [3.8, 4) is 0 Å². The zero-order valence-electron chi connectivity index (χ0n) is 10.9. The monoisotopic (exact) mass is 262 g/mol. The van der Waals surface area contributed by atoms with Gasteiger partial charge in [-0.2, -0.15) is 0 Å². The molecule has 1 aromatic carbocycles. The average molecular weight is 262 g/mol. The summed E-state index contributed by atoms with van der Waals surface area (Å²) in [5.74, 6) is -0.829. The van der Waals surface area contributed by atoms with Crippen LogP contribution in [0.3, 0.4) is 0 Å². The molecular weight excluding hydrogens is 246 g/mol. The van der Waals surface area contributed by atoms with E-state index in [0.717, 1.165) is 17.7 Å². The van der Waals surface area contributed by atoms with E-state index >= 15 is 0 Å². The maximum atomic E-state index is 13.7. The van der Waals surface area contributed by atoms with Crippen LogP contribution in [0.15, 0.2) is 42.7 Å². The Morgan fingerprint density at radius 2 is 1.68 bits per heavy atom. The van der Waals surface area contributed by atoms with Crippen molar-refractivity contribution in [3.05, 3.63) is 65.5 Å². The lowest BCUT2D eigenvalue weighted by Gasteiger charge is -2.21. The molecule has 0 saturated carbocycles. The largest absolute Gasteiger partial charge is 0.304 e. The van der Waals surface area contributed by atoms with Gasteiger partial charge in [-0.3, -0.25) is 4.98 Å². The Kier molecular flexibility index (Phi) is 4.22. The van der Waals surface area contributed by atoms with Crippen molar-refractivity contribution in [1.29, 1.82) is 0 Å². The van der Waals surface area contributed by atoms with Crippen LogP contribution in [0.4, 0.5) is 8.78 Å². The molecule has 2 unspecified atom stereocenters. The number of nitrogens with zero attached hydrogens (tertiary/aromatic N) is 1. The number of halogens is 2. The number of aromatic nitrogens is 1. The van der Waals surface area contributed by atoms with Crippen LogP contribution in [0.2, 0.25) is 0 Å². The molecule has 1 aromatic heterocycles. The lowest BCUT2D eigenvalue weighted by Crippen LogP contribution is -2.23. The van der Waals surface area contributed by atoms with Crippen LogP contribution in [0.25, 0.3) is 0 Å². The highest BCUT2D eigenvalue weighted by molar-refractivity contribution is 5.23. The Morgan fingerprint density at radius 1 is 1.00 bits per heavy atom. The van der Waals surface area contributed by atoms with Crippen LogP contribution in [-0.4, -0.2) is 4.98 Å². The van der Waals surface area contributed by atoms with E-state index in [2.05, 4.69) is 10.3 Å². The Hall–Kier alpha value is -1.81. The minimum Gasteiger partial charge on any atom is -0.304 e. The maximum Gasteiger partial charge on any atom is 0.128 e. The number of pyridine rings is 1. The van der Waals surface area contributed by atoms with E-state index in [9.17, 15) is 8.78 Å². The van der Waals surface area contributed by atoms with Crippen LogP contribution in [0.5, 0.6) is 0 Å². The van der Waals surface area contributed by atoms with E-state index in [0.29, 0.717) is 5.56 Å². The Balaban J connectivity index is 2.13. The van der Waals surface area contributed by atoms with E-state index < -0.39 is 11.6 Å². The first-order chi connectivity index (χ1) is 9.08. The fraction of sp³-hybridized carbons (Fsp3) is 0.267. The van der Waals surface area contributed by atoms with Crippen molar-refractivity contribution in [3.63, 3.8) is 0 Å². The highest BCUT2D eigenvalue weighted by Gasteiger charge is 2.15. The van der Waals surface area contributed by atoms with Crippen molar-refractivity contribution in [2.75, 3.05) is 0 Å². The molecule has 0 saturated heterocycles. The van der Waals surface area contributed by atoms with E-state index in [-0.39, 0.29) is 12.1 Å². The van der Waals surface area contributed by atoms with Crippen LogP contribution in [0.1, 0.15) is 37.1 Å². The van der Waals surface area contributed by atoms with Gasteiger partial charge in [0.2, 0.25) is 0 Å². The molecule has 2 atom stereocenters. The molecule has 2 nitrogen and oxygen atoms in total. The van der Waals surface area contributed by atoms with Gasteiger partial charge in [0.15, 0.2) is 0 Å². The van der Waals surface area contributed by atoms with Gasteiger partial charge in [0.25, 0.3) is 0 Å². The molecule has 100 valence electrons. The van der Waals surface area contributed by atoms with Crippen LogP contribution >= 0.6 is 0 Å². The van der Waals surface area contributed by atoms with Gasteiger partial charge < -0.3 is 5.32 Å². The summed E-state index contributed by atoms with van der Waals surface area (Å²) in [5.41, 5.74) is 1.39. The molecule has 2 aromatic rings. The summed E-state index contributed by atoms with van der Waals surface area (Å²) >= 11 is 0. The quantitative estimate of drug-likeness (QED) is 0.907. The van der Waals surface area contributed by atoms with Crippen molar-refractivity contribution in [1.82, 2.24) is 10.3 Å². The normalized spacial score (nSPS) is 14.1. The van der Waals surface area contributed by atoms with Gasteiger partial charge in [-0.1, -0.05) is 0 Å². The molecule has 0 aliphatic rings. The lowest BCUT2D eigenvalue weighted by atomic mass is 10.0. The third kappa shape index (κ3) is 3.35. The number of rotatable bonds is 4. The zero-order valence-corrected chi connectivity index (χ0v) is 10.9. The van der Waals surface area contributed by atoms with Gasteiger partial charge in [0.05, 0.1) is 0 Å². The smallest absolute Gasteiger partial charge is 0.128 e. The summed E-state index contributed by atoms with van der Waals surface area (Å²) in [6, 6.07) is 7.04. The Bertz CT molecular complexity index is 543. The highest BCUT2D eigenvalue weighted by Crippen LogP contribution is 2.21. The molecule has 19 heavy (non-hydrogen) atoms. The third-order valence-electron chi connectivity index (χ3n) is 3.13. The summed E-state index contributed by atoms with van der Waals surface area (Å²) in [7, 11) is 0. The summed E-state index contributed by atoms with van der Waals surface area (Å²) in [6.07, 6.45) is 3.42. The van der Waals surface area contributed by atoms with Gasteiger partial charge in [0, 0.05) is 30.0 Å². The van der Waals surface area contributed by atoms with Crippen molar-refractivity contribution < 1.29 is 8.78 Å². The van der Waals surface area contributed by atoms with E-state index in [1.54, 1.807) is 12.4 Å². The minimum absolute atomic E-state index is 0.0284. The number of nitrogens with one attached hydrogen (secondary N) is 1. The van der Waals surface area contributed by atoms with Gasteiger partial charge in [-0.25, -0.2) is 8.78 Å². The van der Waals surface area contributed by atoms with Gasteiger partial charge in [0.1, 0.15) is 11.6 Å². The molecule has 0 aliphatic carbocycles. The average Bonchev–Trinajstić information content (AvgIpc) is 2.42. The SMILES string of the molecule is CC(NC(C)c1cc(F)ccc1F)c1ccncc1. The summed E-state index contributed by atoms with van der Waals surface area (Å²) in [4.78, 5) is 3.95. The number of benzene rings is 1. The predicted molar refractivity (Wildman–Crippen MR) is 70.6 cm³/mol. The first kappa shape index (κ1) is 13.6. The van der Waals surface area contributed by atoms with Crippen LogP contribution < -0.4 is 5.32 Å². The second kappa shape index (κ2) is 5.89. The molecule has 2 rings (SSSR count). The standard InChI is InChI=1S/C15H16F2N2/c1-10(12-5-7-18-8-6-12)19-11(2)14-9-13(16)3-4-15(14)17/h3-11,19H,1-2H3. The van der Waals surface area contributed by atoms with Gasteiger partial charge in [-0.05, 0) is 49.7 Å². The predicted octanol–water partition coefficient (Wildman–Crippen LogP) is 3.77. The molecule has 1 heterocycles. The maximum absolute atomic E-state index is 13.7. The second-order valence-electron chi connectivity index (χ2n) is 4.56. The molecule has 0 radical (unpaired) electrons. The van der Waals surface area contributed by atoms with E-state index in [1.807, 2.05) is 26.0 Å². The lowest BCUT2D eigenvalue weighted by molar-refractivity contribution is 0.469. The van der Waals surface area contributed by atoms with E-state index in [1.165, 1.54) is 6.07 Å². The van der Waals surface area contributed by atoms with Crippen LogP contribution in [-0.2, 0) is 0 Å². The van der Waals surface area contributed by atoms with Gasteiger partial charge in [-0.15, -0.1) is 0 Å². The van der Waals surface area contributed by atoms with Crippen molar-refractivity contribution in [2.24, 2.45) is 0 Å². The van der Waals surface area contributed by atoms with Crippen molar-refractivity contribution >= 4 is 0 Å². The third-order valence-corrected chi connectivity index (χ3v) is 3.13. The fourth-order valence-electron chi connectivity index (χ4n) is 2.06. The summed E-state index contributed by atoms with van der Waals surface area (Å²) in [6.45, 7) is 3.79. The molecule has 1 N–H and O–H groups in total. The topological polar surface area (TPSA) is 24.9 Å². The van der Waals surface area contributed by atoms with Crippen LogP contribution in [0, 0.1) is 11.6 Å². The summed E-state index contributed by atoms with van der Waals surface area (Å²) in [5, 5.41) is 3.25. The van der Waals surface area contributed by atoms with Crippen molar-refractivity contribution in [2.45, 2.75) is 25.9 Å². The Morgan fingerprint density at radius 3 is 2.37 bits per heavy atom. The molecule has 0 fully saturated rings. The second-order valence-corrected chi connectivity index (χ2v) is 4.56. The molecular formula is C15H16F2N2. The zero-order chi connectivity index (χ0) is 13.8. The number of hydrogen-bond donors (Lipinski definition) is 1. The molecule has 0 bridgehead atoms. The molecule has 0 amide bonds. The minimum atomic E-state index is -0.429. The fourth-order valence-corrected chi connectivity index (χ4v) is 2.06. The van der Waals surface area contributed by atoms with E-state index in [4.69, 9.17) is 0 Å². The van der Waals surface area contributed by atoms with Gasteiger partial charge >= 0.3 is 0 Å². The molecule has 4 heteroatoms.